The first-order valence-electron chi connectivity index (χ1n) is 13.7. The van der Waals surface area contributed by atoms with E-state index in [-0.39, 0.29) is 45.1 Å². The summed E-state index contributed by atoms with van der Waals surface area (Å²) in [5.41, 5.74) is -4.48. The first kappa shape index (κ1) is 34.7. The zero-order valence-electron chi connectivity index (χ0n) is 25.1. The van der Waals surface area contributed by atoms with Crippen LogP contribution >= 0.6 is 0 Å². The van der Waals surface area contributed by atoms with Crippen molar-refractivity contribution in [2.24, 2.45) is 0 Å². The quantitative estimate of drug-likeness (QED) is 0.100. The van der Waals surface area contributed by atoms with Gasteiger partial charge in [-0.05, 0) is 56.2 Å². The van der Waals surface area contributed by atoms with Crippen molar-refractivity contribution in [1.29, 1.82) is 0 Å². The van der Waals surface area contributed by atoms with Crippen LogP contribution in [0.25, 0.3) is 39.0 Å². The Labute approximate surface area is 272 Å². The molecule has 16 nitrogen and oxygen atoms in total. The first-order chi connectivity index (χ1) is 22.0. The normalized spacial score (nSPS) is 15.2. The van der Waals surface area contributed by atoms with Crippen LogP contribution < -0.4 is 15.7 Å². The fourth-order valence-corrected chi connectivity index (χ4v) is 8.04. The van der Waals surface area contributed by atoms with Gasteiger partial charge in [0.25, 0.3) is 20.2 Å². The number of hydrogen-bond acceptors (Lipinski definition) is 10. The van der Waals surface area contributed by atoms with Crippen LogP contribution in [0.5, 0.6) is 0 Å². The van der Waals surface area contributed by atoms with E-state index < -0.39 is 91.5 Å². The van der Waals surface area contributed by atoms with Crippen molar-refractivity contribution in [2.75, 3.05) is 17.6 Å². The van der Waals surface area contributed by atoms with Crippen LogP contribution in [0.4, 0.5) is 5.69 Å². The largest absolute Gasteiger partial charge is 0.478 e. The standard InChI is InChI=1S/C29H26N2O14S3/c1-4-30-20-8-7-16-21(15-6-5-13(27(32)33)9-18(15)28(34)35)19-10-17-14(12-46(36,37)38)11-29(2,3)31-22(17)26(48(42,43)44)24(19)45-23(16)25(20)47(39,40)41/h5-11,31H,4,12H2,1-3H3,(H,32,33)(H,34,35)(H,36,37,38)(H,39,40,41)(H,42,43,44)/p+1. The van der Waals surface area contributed by atoms with Gasteiger partial charge in [-0.1, -0.05) is 12.1 Å². The average Bonchev–Trinajstić information content (AvgIpc) is 2.92. The van der Waals surface area contributed by atoms with Crippen molar-refractivity contribution in [2.45, 2.75) is 36.1 Å². The lowest BCUT2D eigenvalue weighted by Gasteiger charge is -2.33. The van der Waals surface area contributed by atoms with E-state index in [0.717, 1.165) is 18.2 Å². The maximum atomic E-state index is 13.2. The van der Waals surface area contributed by atoms with Gasteiger partial charge in [0.1, 0.15) is 12.3 Å². The van der Waals surface area contributed by atoms with Crippen molar-refractivity contribution < 1.29 is 68.1 Å². The number of hydrogen-bond donors (Lipinski definition) is 7. The van der Waals surface area contributed by atoms with E-state index >= 15 is 0 Å². The van der Waals surface area contributed by atoms with Gasteiger partial charge in [0.2, 0.25) is 10.3 Å². The monoisotopic (exact) mass is 723 g/mol. The molecule has 0 saturated carbocycles. The highest BCUT2D eigenvalue weighted by Gasteiger charge is 2.38. The van der Waals surface area contributed by atoms with Crippen LogP contribution in [0.1, 0.15) is 47.1 Å². The Balaban J connectivity index is 2.17. The van der Waals surface area contributed by atoms with Crippen molar-refractivity contribution in [3.63, 3.8) is 0 Å². The molecule has 0 spiro atoms. The van der Waals surface area contributed by atoms with Crippen LogP contribution in [-0.2, 0) is 30.4 Å². The van der Waals surface area contributed by atoms with Crippen molar-refractivity contribution >= 4 is 64.5 Å². The van der Waals surface area contributed by atoms with E-state index in [1.54, 1.807) is 6.92 Å². The number of carbonyl (C=O) groups is 2. The van der Waals surface area contributed by atoms with E-state index in [1.165, 1.54) is 38.1 Å². The lowest BCUT2D eigenvalue weighted by atomic mass is 9.86. The number of anilines is 1. The van der Waals surface area contributed by atoms with Gasteiger partial charge in [-0.25, -0.2) is 14.6 Å². The van der Waals surface area contributed by atoms with E-state index in [2.05, 4.69) is 10.3 Å². The lowest BCUT2D eigenvalue weighted by Crippen LogP contribution is -2.76. The Hall–Kier alpha value is -4.66. The molecule has 0 atom stereocenters. The molecular formula is C29H27N2O14S3+. The highest BCUT2D eigenvalue weighted by molar-refractivity contribution is 7.86. The van der Waals surface area contributed by atoms with Crippen LogP contribution in [0.2, 0.25) is 0 Å². The summed E-state index contributed by atoms with van der Waals surface area (Å²) in [6.45, 7) is 4.78. The van der Waals surface area contributed by atoms with Crippen LogP contribution in [0.3, 0.4) is 0 Å². The third-order valence-electron chi connectivity index (χ3n) is 7.41. The second kappa shape index (κ2) is 11.5. The average molecular weight is 724 g/mol. The summed E-state index contributed by atoms with van der Waals surface area (Å²) in [4.78, 5) is 25.1. The molecule has 2 heterocycles. The van der Waals surface area contributed by atoms with E-state index in [1.807, 2.05) is 0 Å². The number of fused-ring (bicyclic) bond motifs is 3. The lowest BCUT2D eigenvalue weighted by molar-refractivity contribution is -0.498. The molecule has 1 aliphatic carbocycles. The maximum Gasteiger partial charge on any atom is 0.336 e. The summed E-state index contributed by atoms with van der Waals surface area (Å²) in [6.07, 6.45) is 1.38. The van der Waals surface area contributed by atoms with Gasteiger partial charge in [-0.3, -0.25) is 13.7 Å². The fourth-order valence-electron chi connectivity index (χ4n) is 5.79. The number of aromatic carboxylic acids is 2. The van der Waals surface area contributed by atoms with Crippen molar-refractivity contribution in [3.8, 4) is 22.5 Å². The van der Waals surface area contributed by atoms with Gasteiger partial charge in [-0.2, -0.15) is 25.3 Å². The molecule has 0 fully saturated rings. The summed E-state index contributed by atoms with van der Waals surface area (Å²) in [6, 6.07) is 6.63. The molecule has 254 valence electrons. The third kappa shape index (κ3) is 6.30. The Bertz CT molecular complexity index is 2500. The van der Waals surface area contributed by atoms with E-state index in [9.17, 15) is 58.7 Å². The zero-order chi connectivity index (χ0) is 35.7. The smallest absolute Gasteiger partial charge is 0.336 e. The Morgan fingerprint density at radius 2 is 1.48 bits per heavy atom. The molecule has 0 amide bonds. The van der Waals surface area contributed by atoms with E-state index in [4.69, 9.17) is 4.42 Å². The number of rotatable bonds is 8. The number of carboxylic acids is 2. The summed E-state index contributed by atoms with van der Waals surface area (Å²) in [5, 5.41) is 22.1. The Kier molecular flexibility index (Phi) is 8.30. The molecule has 0 bridgehead atoms. The van der Waals surface area contributed by atoms with Gasteiger partial charge >= 0.3 is 22.1 Å². The summed E-state index contributed by atoms with van der Waals surface area (Å²) < 4.78 is 113. The minimum absolute atomic E-state index is 0.130. The molecule has 0 radical (unpaired) electrons. The second-order valence-corrected chi connectivity index (χ2v) is 15.6. The topological polar surface area (TPSA) is 277 Å². The minimum atomic E-state index is -5.39. The molecule has 3 aliphatic rings. The molecule has 0 unspecified atom stereocenters. The Morgan fingerprint density at radius 1 is 0.854 bits per heavy atom. The van der Waals surface area contributed by atoms with Crippen LogP contribution in [-0.4, -0.2) is 78.9 Å². The third-order valence-corrected chi connectivity index (χ3v) is 9.91. The molecule has 0 saturated heterocycles. The van der Waals surface area contributed by atoms with Gasteiger partial charge < -0.3 is 19.9 Å². The predicted molar refractivity (Wildman–Crippen MR) is 169 cm³/mol. The van der Waals surface area contributed by atoms with Crippen molar-refractivity contribution in [1.82, 2.24) is 0 Å². The number of benzene rings is 3. The minimum Gasteiger partial charge on any atom is -0.478 e. The molecule has 0 aromatic heterocycles. The number of carboxylic acid groups (broad SMARTS) is 2. The van der Waals surface area contributed by atoms with Crippen LogP contribution in [0.15, 0.2) is 56.7 Å². The molecule has 2 aromatic rings. The first-order valence-corrected chi connectivity index (χ1v) is 18.2. The summed E-state index contributed by atoms with van der Waals surface area (Å²) >= 11 is 0. The van der Waals surface area contributed by atoms with E-state index in [0.29, 0.717) is 0 Å². The van der Waals surface area contributed by atoms with Crippen molar-refractivity contribution in [3.05, 3.63) is 64.5 Å². The summed E-state index contributed by atoms with van der Waals surface area (Å²) in [5.74, 6) is -4.82. The van der Waals surface area contributed by atoms with Gasteiger partial charge in [-0.15, -0.1) is 0 Å². The molecule has 2 aromatic carbocycles. The van der Waals surface area contributed by atoms with Gasteiger partial charge in [0, 0.05) is 28.1 Å². The molecule has 5 rings (SSSR count). The van der Waals surface area contributed by atoms with Crippen LogP contribution in [0, 0.1) is 0 Å². The fraction of sp³-hybridized carbons (Fsp3) is 0.207. The molecule has 7 N–H and O–H groups in total. The molecule has 48 heavy (non-hydrogen) atoms. The maximum absolute atomic E-state index is 13.2. The highest BCUT2D eigenvalue weighted by atomic mass is 32.2. The highest BCUT2D eigenvalue weighted by Crippen LogP contribution is 2.49. The molecule has 2 aliphatic heterocycles. The Morgan fingerprint density at radius 3 is 2.02 bits per heavy atom. The van der Waals surface area contributed by atoms with Gasteiger partial charge in [0.05, 0.1) is 22.4 Å². The predicted octanol–water partition coefficient (Wildman–Crippen LogP) is 1.57. The molecule has 19 heteroatoms. The molecular weight excluding hydrogens is 697 g/mol. The summed E-state index contributed by atoms with van der Waals surface area (Å²) in [7, 11) is -15.3. The number of nitrogens with one attached hydrogen (secondary N) is 2. The van der Waals surface area contributed by atoms with Gasteiger partial charge in [0.15, 0.2) is 16.2 Å². The SMILES string of the molecule is CC[NH+]=c1ccc2c(-c3ccc(C(=O)O)cc3C(=O)O)c3cc4c(c(S(=O)(=O)O)c3oc-2c1S(=O)(=O)O)NC(C)(C)C=C4CS(=O)(=O)O. The second-order valence-electron chi connectivity index (χ2n) is 11.4. The zero-order valence-corrected chi connectivity index (χ0v) is 27.5.